The lowest BCUT2D eigenvalue weighted by Gasteiger charge is -2.39. The van der Waals surface area contributed by atoms with Crippen LogP contribution in [-0.4, -0.2) is 57.8 Å². The van der Waals surface area contributed by atoms with Gasteiger partial charge in [-0.3, -0.25) is 9.59 Å². The van der Waals surface area contributed by atoms with Gasteiger partial charge in [-0.05, 0) is 55.0 Å². The van der Waals surface area contributed by atoms with E-state index in [1.165, 1.54) is 0 Å². The number of carbonyl (C=O) groups excluding carboxylic acids is 2. The molecular formula is C30H31ClN4O3. The quantitative estimate of drug-likeness (QED) is 0.343. The number of nitrogens with zero attached hydrogens (tertiary/aromatic N) is 3. The highest BCUT2D eigenvalue weighted by molar-refractivity contribution is 6.30. The molecular weight excluding hydrogens is 500 g/mol. The van der Waals surface area contributed by atoms with E-state index < -0.39 is 0 Å². The molecule has 1 aromatic heterocycles. The van der Waals surface area contributed by atoms with Gasteiger partial charge in [0.1, 0.15) is 17.7 Å². The Bertz CT molecular complexity index is 1420. The van der Waals surface area contributed by atoms with Crippen LogP contribution in [0.2, 0.25) is 5.02 Å². The highest BCUT2D eigenvalue weighted by Gasteiger charge is 2.35. The summed E-state index contributed by atoms with van der Waals surface area (Å²) in [6.07, 6.45) is 0.705. The fourth-order valence-corrected chi connectivity index (χ4v) is 5.14. The number of aryl methyl sites for hydroxylation is 1. The molecule has 1 aliphatic heterocycles. The topological polar surface area (TPSA) is 78.5 Å². The minimum atomic E-state index is -0.202. The van der Waals surface area contributed by atoms with Crippen LogP contribution in [0.15, 0.2) is 72.8 Å². The van der Waals surface area contributed by atoms with Crippen molar-refractivity contribution in [3.8, 4) is 5.75 Å². The van der Waals surface area contributed by atoms with E-state index >= 15 is 0 Å². The Morgan fingerprint density at radius 3 is 2.63 bits per heavy atom. The first-order chi connectivity index (χ1) is 18.4. The number of benzene rings is 3. The molecule has 2 heterocycles. The molecule has 2 amide bonds. The molecule has 0 unspecified atom stereocenters. The predicted molar refractivity (Wildman–Crippen MR) is 148 cm³/mol. The number of fused-ring (bicyclic) bond motifs is 1. The normalized spacial score (nSPS) is 17.4. The van der Waals surface area contributed by atoms with Crippen molar-refractivity contribution in [1.82, 2.24) is 19.8 Å². The third-order valence-corrected chi connectivity index (χ3v) is 7.28. The zero-order chi connectivity index (χ0) is 26.6. The van der Waals surface area contributed by atoms with Gasteiger partial charge in [-0.1, -0.05) is 41.9 Å². The number of hydrogen-bond donors (Lipinski definition) is 1. The summed E-state index contributed by atoms with van der Waals surface area (Å²) in [5.74, 6) is 1.32. The van der Waals surface area contributed by atoms with Gasteiger partial charge >= 0.3 is 0 Å². The van der Waals surface area contributed by atoms with Crippen molar-refractivity contribution in [3.63, 3.8) is 0 Å². The molecule has 3 aromatic carbocycles. The highest BCUT2D eigenvalue weighted by Crippen LogP contribution is 2.28. The minimum Gasteiger partial charge on any atom is -0.490 e. The van der Waals surface area contributed by atoms with E-state index in [0.29, 0.717) is 42.4 Å². The number of nitrogens with one attached hydrogen (secondary N) is 1. The van der Waals surface area contributed by atoms with Crippen LogP contribution in [0.3, 0.4) is 0 Å². The Morgan fingerprint density at radius 2 is 1.87 bits per heavy atom. The number of ether oxygens (including phenoxy) is 1. The van der Waals surface area contributed by atoms with Gasteiger partial charge in [-0.2, -0.15) is 0 Å². The maximum Gasteiger partial charge on any atom is 0.253 e. The molecule has 0 saturated carbocycles. The molecule has 7 nitrogen and oxygen atoms in total. The molecule has 38 heavy (non-hydrogen) atoms. The SMILES string of the molecule is Cc1nc2ccc(C(=O)N3CC[C@H](Oc4ccc(Cl)cc4)[C@@H](CC(=O)N(C)Cc4ccccc4)C3)cc2[nH]1. The zero-order valence-corrected chi connectivity index (χ0v) is 22.3. The molecule has 2 atom stereocenters. The monoisotopic (exact) mass is 530 g/mol. The van der Waals surface area contributed by atoms with Gasteiger partial charge in [0.25, 0.3) is 5.91 Å². The number of H-pyrrole nitrogens is 1. The van der Waals surface area contributed by atoms with E-state index in [9.17, 15) is 9.59 Å². The first kappa shape index (κ1) is 25.8. The Morgan fingerprint density at radius 1 is 1.11 bits per heavy atom. The molecule has 0 bridgehead atoms. The summed E-state index contributed by atoms with van der Waals surface area (Å²) in [6, 6.07) is 22.7. The van der Waals surface area contributed by atoms with E-state index in [0.717, 1.165) is 22.4 Å². The van der Waals surface area contributed by atoms with Crippen LogP contribution < -0.4 is 4.74 Å². The molecule has 0 spiro atoms. The number of carbonyl (C=O) groups is 2. The van der Waals surface area contributed by atoms with Crippen molar-refractivity contribution < 1.29 is 14.3 Å². The molecule has 1 fully saturated rings. The van der Waals surface area contributed by atoms with Gasteiger partial charge in [0.2, 0.25) is 5.91 Å². The van der Waals surface area contributed by atoms with Crippen LogP contribution in [0.25, 0.3) is 11.0 Å². The van der Waals surface area contributed by atoms with Crippen molar-refractivity contribution in [2.24, 2.45) is 5.92 Å². The van der Waals surface area contributed by atoms with Crippen LogP contribution in [0, 0.1) is 12.8 Å². The van der Waals surface area contributed by atoms with Crippen molar-refractivity contribution in [3.05, 3.63) is 94.8 Å². The van der Waals surface area contributed by atoms with Gasteiger partial charge < -0.3 is 19.5 Å². The van der Waals surface area contributed by atoms with Crippen LogP contribution in [0.1, 0.15) is 34.6 Å². The smallest absolute Gasteiger partial charge is 0.253 e. The second kappa shape index (κ2) is 11.3. The second-order valence-electron chi connectivity index (χ2n) is 9.90. The van der Waals surface area contributed by atoms with Crippen molar-refractivity contribution in [2.75, 3.05) is 20.1 Å². The predicted octanol–water partition coefficient (Wildman–Crippen LogP) is 5.48. The number of piperidine rings is 1. The van der Waals surface area contributed by atoms with E-state index in [4.69, 9.17) is 16.3 Å². The molecule has 5 rings (SSSR count). The van der Waals surface area contributed by atoms with Gasteiger partial charge in [0, 0.05) is 56.0 Å². The van der Waals surface area contributed by atoms with E-state index in [1.54, 1.807) is 17.0 Å². The molecule has 1 N–H and O–H groups in total. The number of halogens is 1. The van der Waals surface area contributed by atoms with Crippen LogP contribution >= 0.6 is 11.6 Å². The first-order valence-electron chi connectivity index (χ1n) is 12.8. The molecule has 0 radical (unpaired) electrons. The molecule has 4 aromatic rings. The summed E-state index contributed by atoms with van der Waals surface area (Å²) in [5.41, 5.74) is 3.34. The number of rotatable bonds is 7. The number of amides is 2. The largest absolute Gasteiger partial charge is 0.490 e. The summed E-state index contributed by atoms with van der Waals surface area (Å²) in [4.78, 5) is 38.0. The van der Waals surface area contributed by atoms with Crippen molar-refractivity contribution in [1.29, 1.82) is 0 Å². The van der Waals surface area contributed by atoms with Crippen LogP contribution in [-0.2, 0) is 11.3 Å². The Labute approximate surface area is 227 Å². The van der Waals surface area contributed by atoms with Gasteiger partial charge in [0.05, 0.1) is 11.0 Å². The van der Waals surface area contributed by atoms with Gasteiger partial charge in [0.15, 0.2) is 0 Å². The summed E-state index contributed by atoms with van der Waals surface area (Å²) < 4.78 is 6.34. The van der Waals surface area contributed by atoms with E-state index in [1.807, 2.05) is 79.5 Å². The van der Waals surface area contributed by atoms with E-state index in [2.05, 4.69) is 9.97 Å². The highest BCUT2D eigenvalue weighted by atomic mass is 35.5. The summed E-state index contributed by atoms with van der Waals surface area (Å²) in [7, 11) is 1.82. The maximum atomic E-state index is 13.5. The number of likely N-dealkylation sites (tertiary alicyclic amines) is 1. The fourth-order valence-electron chi connectivity index (χ4n) is 5.01. The van der Waals surface area contributed by atoms with Gasteiger partial charge in [-0.25, -0.2) is 4.98 Å². The standard InChI is InChI=1S/C30H31ClN4O3/c1-20-32-26-13-8-22(16-27(26)33-20)30(37)35-15-14-28(38-25-11-9-24(31)10-12-25)23(19-35)17-29(36)34(2)18-21-6-4-3-5-7-21/h3-13,16,23,28H,14-15,17-19H2,1-2H3,(H,32,33)/t23-,28-/m0/s1. The average Bonchev–Trinajstić information content (AvgIpc) is 3.30. The lowest BCUT2D eigenvalue weighted by atomic mass is 9.90. The van der Waals surface area contributed by atoms with Crippen LogP contribution in [0.4, 0.5) is 0 Å². The third kappa shape index (κ3) is 6.00. The second-order valence-corrected chi connectivity index (χ2v) is 10.3. The lowest BCUT2D eigenvalue weighted by Crippen LogP contribution is -2.49. The number of hydrogen-bond acceptors (Lipinski definition) is 4. The molecule has 196 valence electrons. The summed E-state index contributed by atoms with van der Waals surface area (Å²) >= 11 is 6.05. The fraction of sp³-hybridized carbons (Fsp3) is 0.300. The summed E-state index contributed by atoms with van der Waals surface area (Å²) in [5, 5.41) is 0.636. The third-order valence-electron chi connectivity index (χ3n) is 7.02. The van der Waals surface area contributed by atoms with E-state index in [-0.39, 0.29) is 30.3 Å². The van der Waals surface area contributed by atoms with Gasteiger partial charge in [-0.15, -0.1) is 0 Å². The van der Waals surface area contributed by atoms with Crippen molar-refractivity contribution >= 4 is 34.4 Å². The summed E-state index contributed by atoms with van der Waals surface area (Å²) in [6.45, 7) is 3.40. The Hall–Kier alpha value is -3.84. The zero-order valence-electron chi connectivity index (χ0n) is 21.6. The molecule has 1 aliphatic rings. The number of aromatic nitrogens is 2. The number of imidazole rings is 1. The van der Waals surface area contributed by atoms with Crippen molar-refractivity contribution in [2.45, 2.75) is 32.4 Å². The lowest BCUT2D eigenvalue weighted by molar-refractivity contribution is -0.132. The average molecular weight is 531 g/mol. The number of aromatic amines is 1. The molecule has 8 heteroatoms. The Kier molecular flexibility index (Phi) is 7.65. The molecule has 1 saturated heterocycles. The maximum absolute atomic E-state index is 13.5. The molecule has 0 aliphatic carbocycles. The van der Waals surface area contributed by atoms with Crippen LogP contribution in [0.5, 0.6) is 5.75 Å². The Balaban J connectivity index is 1.32. The minimum absolute atomic E-state index is 0.0206. The first-order valence-corrected chi connectivity index (χ1v) is 13.2.